The van der Waals surface area contributed by atoms with Crippen LogP contribution in [0.15, 0.2) is 273 Å². The number of hydrogen-bond acceptors (Lipinski definition) is 6. The second-order valence-corrected chi connectivity index (χ2v) is 37.6. The Balaban J connectivity index is 0.000000115. The third-order valence-electron chi connectivity index (χ3n) is 27.2. The Bertz CT molecular complexity index is 5480. The summed E-state index contributed by atoms with van der Waals surface area (Å²) in [5.74, 6) is 4.38. The molecule has 3 nitrogen and oxygen atoms in total. The Morgan fingerprint density at radius 2 is 0.430 bits per heavy atom. The van der Waals surface area contributed by atoms with Crippen molar-refractivity contribution in [1.82, 2.24) is 0 Å². The van der Waals surface area contributed by atoms with Crippen LogP contribution >= 0.6 is 34.0 Å². The van der Waals surface area contributed by atoms with Crippen LogP contribution in [-0.2, 0) is 0 Å². The fraction of sp³-hybridized carbons (Fsp3) is 0.333. The van der Waals surface area contributed by atoms with E-state index in [1.54, 1.807) is 0 Å². The number of hydrogen-bond donors (Lipinski definition) is 0. The summed E-state index contributed by atoms with van der Waals surface area (Å²) in [4.78, 5) is 7.41. The normalized spacial score (nSPS) is 17.3. The lowest BCUT2D eigenvalue weighted by Crippen LogP contribution is -2.11. The Hall–Kier alpha value is -9.30. The van der Waals surface area contributed by atoms with Crippen molar-refractivity contribution in [2.45, 2.75) is 228 Å². The standard InChI is InChI=1S/3C36H37NS/c1-3-10-26(11-4-1)28-18-22-30(23-19-28)37(31-24-20-29(21-25-31)27-12-5-2-6-13-27)33-15-9-17-35-36(33)32-14-7-8-16-34(32)38-35;1-3-9-26(10-4-1)28-15-19-30(20-16-28)37(31-21-17-29(18-22-31)27-11-5-2-6-12-27)32-23-24-36-34(25-32)33-13-7-8-14-35(33)38-36;1-3-9-26(10-4-1)28-15-19-30(20-16-28)37(31-21-17-29(18-22-31)27-11-5-2-6-12-27)32-23-24-34-33-13-7-8-14-35(33)38-36(34)25-32/h7-9,14-27H,1-6,10-13H2;2*7-8,13-27H,1-6,9-12H2. The Morgan fingerprint density at radius 3 is 0.798 bits per heavy atom. The van der Waals surface area contributed by atoms with E-state index in [-0.39, 0.29) is 0 Å². The summed E-state index contributed by atoms with van der Waals surface area (Å²) < 4.78 is 8.14. The maximum absolute atomic E-state index is 2.50. The van der Waals surface area contributed by atoms with Gasteiger partial charge < -0.3 is 14.7 Å². The molecular weight excluding hydrogens is 1440 g/mol. The van der Waals surface area contributed by atoms with Crippen molar-refractivity contribution >= 4 is 146 Å². The summed E-state index contributed by atoms with van der Waals surface area (Å²) in [7, 11) is 0. The van der Waals surface area contributed by atoms with Gasteiger partial charge in [-0.3, -0.25) is 0 Å². The van der Waals surface area contributed by atoms with Crippen LogP contribution in [0.4, 0.5) is 51.2 Å². The maximum atomic E-state index is 2.50. The third-order valence-corrected chi connectivity index (χ3v) is 30.6. The van der Waals surface area contributed by atoms with Gasteiger partial charge in [-0.15, -0.1) is 34.0 Å². The van der Waals surface area contributed by atoms with Gasteiger partial charge in [-0.25, -0.2) is 0 Å². The first-order chi connectivity index (χ1) is 56.5. The third kappa shape index (κ3) is 16.2. The number of anilines is 9. The van der Waals surface area contributed by atoms with Crippen LogP contribution < -0.4 is 14.7 Å². The molecule has 6 saturated carbocycles. The van der Waals surface area contributed by atoms with E-state index < -0.39 is 0 Å². The highest BCUT2D eigenvalue weighted by molar-refractivity contribution is 7.26. The van der Waals surface area contributed by atoms with Crippen LogP contribution in [-0.4, -0.2) is 0 Å². The highest BCUT2D eigenvalue weighted by Crippen LogP contribution is 2.50. The van der Waals surface area contributed by atoms with Crippen molar-refractivity contribution in [3.63, 3.8) is 0 Å². The van der Waals surface area contributed by atoms with Crippen LogP contribution in [0.5, 0.6) is 0 Å². The smallest absolute Gasteiger partial charge is 0.0554 e. The molecule has 0 saturated heterocycles. The SMILES string of the molecule is c1ccc2c(c1)sc1cc(N(c3ccc(C4CCCCC4)cc3)c3ccc(C4CCCCC4)cc3)ccc12.c1ccc2c(c1)sc1ccc(N(c3ccc(C4CCCCC4)cc3)c3ccc(C4CCCCC4)cc3)cc12.c1ccc2c(c1)sc1cccc(N(c3ccc(C4CCCCC4)cc3)c3ccc(C4CCCCC4)cc3)c12. The average Bonchev–Trinajstić information content (AvgIpc) is 1.52. The van der Waals surface area contributed by atoms with Crippen molar-refractivity contribution in [3.05, 3.63) is 306 Å². The minimum Gasteiger partial charge on any atom is -0.310 e. The van der Waals surface area contributed by atoms with Crippen molar-refractivity contribution in [2.24, 2.45) is 0 Å². The van der Waals surface area contributed by atoms with Gasteiger partial charge in [0, 0.05) is 106 Å². The van der Waals surface area contributed by atoms with Gasteiger partial charge in [0.25, 0.3) is 0 Å². The molecule has 0 unspecified atom stereocenters. The molecule has 6 aliphatic carbocycles. The van der Waals surface area contributed by atoms with Gasteiger partial charge in [-0.05, 0) is 279 Å². The van der Waals surface area contributed by atoms with Gasteiger partial charge in [0.15, 0.2) is 0 Å². The van der Waals surface area contributed by atoms with E-state index in [0.717, 1.165) is 35.5 Å². The van der Waals surface area contributed by atoms with E-state index in [1.165, 1.54) is 338 Å². The molecule has 3 aromatic heterocycles. The van der Waals surface area contributed by atoms with Crippen molar-refractivity contribution < 1.29 is 0 Å². The lowest BCUT2D eigenvalue weighted by molar-refractivity contribution is 0.443. The minimum atomic E-state index is 0.727. The molecule has 3 heterocycles. The fourth-order valence-corrected chi connectivity index (χ4v) is 24.3. The van der Waals surface area contributed by atoms with E-state index >= 15 is 0 Å². The molecule has 6 heteroatoms. The van der Waals surface area contributed by atoms with E-state index in [9.17, 15) is 0 Å². The second-order valence-electron chi connectivity index (χ2n) is 34.4. The summed E-state index contributed by atoms with van der Waals surface area (Å²) >= 11 is 5.69. The van der Waals surface area contributed by atoms with Crippen LogP contribution in [0.2, 0.25) is 0 Å². The molecule has 0 radical (unpaired) electrons. The second kappa shape index (κ2) is 35.0. The molecule has 15 aromatic rings. The quantitative estimate of drug-likeness (QED) is 0.101. The molecule has 6 aliphatic rings. The van der Waals surface area contributed by atoms with Gasteiger partial charge in [0.05, 0.1) is 5.69 Å². The van der Waals surface area contributed by atoms with Crippen LogP contribution in [0.3, 0.4) is 0 Å². The molecule has 0 N–H and O–H groups in total. The van der Waals surface area contributed by atoms with Crippen LogP contribution in [0, 0.1) is 0 Å². The van der Waals surface area contributed by atoms with Gasteiger partial charge in [0.2, 0.25) is 0 Å². The molecule has 0 amide bonds. The summed E-state index contributed by atoms with van der Waals surface area (Å²) in [6, 6.07) is 104. The van der Waals surface area contributed by atoms with Crippen LogP contribution in [0.25, 0.3) is 60.5 Å². The minimum absolute atomic E-state index is 0.727. The monoisotopic (exact) mass is 1550 g/mol. The van der Waals surface area contributed by atoms with E-state index in [2.05, 4.69) is 288 Å². The van der Waals surface area contributed by atoms with Gasteiger partial charge in [0.1, 0.15) is 0 Å². The Labute approximate surface area is 689 Å². The predicted molar refractivity (Wildman–Crippen MR) is 497 cm³/mol. The molecule has 21 rings (SSSR count). The predicted octanol–water partition coefficient (Wildman–Crippen LogP) is 34.9. The summed E-state index contributed by atoms with van der Waals surface area (Å²) in [5, 5.41) is 8.14. The summed E-state index contributed by atoms with van der Waals surface area (Å²) in [5.41, 5.74) is 20.3. The van der Waals surface area contributed by atoms with E-state index in [4.69, 9.17) is 0 Å². The largest absolute Gasteiger partial charge is 0.310 e. The molecule has 0 atom stereocenters. The molecule has 0 aliphatic heterocycles. The Morgan fingerprint density at radius 1 is 0.175 bits per heavy atom. The van der Waals surface area contributed by atoms with Gasteiger partial charge in [-0.2, -0.15) is 0 Å². The summed E-state index contributed by atoms with van der Waals surface area (Å²) in [6.07, 6.45) is 41.0. The molecule has 12 aromatic carbocycles. The van der Waals surface area contributed by atoms with Crippen molar-refractivity contribution in [1.29, 1.82) is 0 Å². The molecule has 6 fully saturated rings. The van der Waals surface area contributed by atoms with Gasteiger partial charge in [-0.1, -0.05) is 255 Å². The lowest BCUT2D eigenvalue weighted by Gasteiger charge is -2.28. The van der Waals surface area contributed by atoms with Crippen LogP contribution in [0.1, 0.15) is 262 Å². The van der Waals surface area contributed by atoms with Crippen molar-refractivity contribution in [3.8, 4) is 0 Å². The Kier molecular flexibility index (Phi) is 23.0. The van der Waals surface area contributed by atoms with Gasteiger partial charge >= 0.3 is 0 Å². The average molecular weight is 1550 g/mol. The maximum Gasteiger partial charge on any atom is 0.0554 e. The molecule has 114 heavy (non-hydrogen) atoms. The number of thiophene rings is 3. The molecule has 0 spiro atoms. The zero-order valence-corrected chi connectivity index (χ0v) is 69.2. The first-order valence-corrected chi connectivity index (χ1v) is 46.7. The first kappa shape index (κ1) is 74.8. The number of nitrogens with zero attached hydrogens (tertiary/aromatic N) is 3. The van der Waals surface area contributed by atoms with E-state index in [1.807, 2.05) is 34.0 Å². The topological polar surface area (TPSA) is 9.72 Å². The zero-order chi connectivity index (χ0) is 75.9. The molecular formula is C108H111N3S3. The molecule has 0 bridgehead atoms. The zero-order valence-electron chi connectivity index (χ0n) is 66.7. The van der Waals surface area contributed by atoms with Crippen molar-refractivity contribution in [2.75, 3.05) is 14.7 Å². The number of benzene rings is 12. The number of fused-ring (bicyclic) bond motifs is 9. The summed E-state index contributed by atoms with van der Waals surface area (Å²) in [6.45, 7) is 0. The highest BCUT2D eigenvalue weighted by atomic mass is 32.1. The fourth-order valence-electron chi connectivity index (χ4n) is 21.0. The number of rotatable bonds is 15. The highest BCUT2D eigenvalue weighted by Gasteiger charge is 2.27. The lowest BCUT2D eigenvalue weighted by atomic mass is 9.84. The van der Waals surface area contributed by atoms with E-state index in [0.29, 0.717) is 0 Å². The molecule has 576 valence electrons. The first-order valence-electron chi connectivity index (χ1n) is 44.2.